The van der Waals surface area contributed by atoms with Gasteiger partial charge in [-0.15, -0.1) is 0 Å². The average molecular weight is 1750 g/mol. The summed E-state index contributed by atoms with van der Waals surface area (Å²) in [5.74, 6) is -2.93. The second kappa shape index (κ2) is 74.3. The number of hydrogen-bond donors (Lipinski definition) is 10. The Bertz CT molecular complexity index is 2500. The van der Waals surface area contributed by atoms with E-state index in [0.717, 1.165) is 128 Å². The lowest BCUT2D eigenvalue weighted by atomic mass is 9.84. The van der Waals surface area contributed by atoms with Gasteiger partial charge in [0.2, 0.25) is 0 Å². The summed E-state index contributed by atoms with van der Waals surface area (Å²) in [7, 11) is -5.80. The second-order valence-corrected chi connectivity index (χ2v) is 37.1. The van der Waals surface area contributed by atoms with Gasteiger partial charge in [-0.3, -0.25) is 28.2 Å². The Hall–Kier alpha value is -2.53. The Kier molecular flexibility index (Phi) is 69.1. The van der Waals surface area contributed by atoms with E-state index in [1.807, 2.05) is 0 Å². The molecule has 18 atom stereocenters. The van der Waals surface area contributed by atoms with Gasteiger partial charge in [-0.05, 0) is 25.7 Å². The van der Waals surface area contributed by atoms with Gasteiger partial charge in [0.1, 0.15) is 92.6 Å². The number of esters is 4. The molecule has 1 aliphatic carbocycles. The predicted octanol–water partition coefficient (Wildman–Crippen LogP) is 19.3. The molecule has 121 heavy (non-hydrogen) atoms. The van der Waals surface area contributed by atoms with Gasteiger partial charge in [0.05, 0.1) is 13.2 Å². The van der Waals surface area contributed by atoms with E-state index in [0.29, 0.717) is 32.1 Å². The van der Waals surface area contributed by atoms with E-state index in [-0.39, 0.29) is 25.7 Å². The minimum absolute atomic E-state index is 0.0206. The number of phosphoric ester groups is 1. The zero-order chi connectivity index (χ0) is 88.2. The van der Waals surface area contributed by atoms with Gasteiger partial charge >= 0.3 is 31.7 Å². The highest BCUT2D eigenvalue weighted by atomic mass is 31.2. The van der Waals surface area contributed by atoms with E-state index >= 15 is 0 Å². The van der Waals surface area contributed by atoms with Crippen molar-refractivity contribution in [1.29, 1.82) is 0 Å². The molecule has 3 aliphatic rings. The number of rotatable bonds is 82. The number of carbonyl (C=O) groups is 4. The molecule has 2 heterocycles. The minimum atomic E-state index is -5.80. The molecule has 2 saturated heterocycles. The van der Waals surface area contributed by atoms with E-state index in [9.17, 15) is 74.6 Å². The normalized spacial score (nSPS) is 24.5. The van der Waals surface area contributed by atoms with Crippen molar-refractivity contribution in [2.75, 3.05) is 26.4 Å². The van der Waals surface area contributed by atoms with Gasteiger partial charge < -0.3 is 88.7 Å². The number of aliphatic hydroxyl groups excluding tert-OH is 9. The van der Waals surface area contributed by atoms with Crippen LogP contribution >= 0.6 is 7.82 Å². The third-order valence-corrected chi connectivity index (χ3v) is 25.6. The van der Waals surface area contributed by atoms with Crippen LogP contribution in [0.25, 0.3) is 0 Å². The van der Waals surface area contributed by atoms with Crippen molar-refractivity contribution in [1.82, 2.24) is 0 Å². The maximum atomic E-state index is 14.9. The maximum Gasteiger partial charge on any atom is 0.472 e. The Morgan fingerprint density at radius 1 is 0.298 bits per heavy atom. The molecular formula is C95H179O25P. The number of hydrogen-bond acceptors (Lipinski definition) is 24. The minimum Gasteiger partial charge on any atom is -0.463 e. The molecule has 10 N–H and O–H groups in total. The lowest BCUT2D eigenvalue weighted by molar-refractivity contribution is -0.360. The molecule has 0 radical (unpaired) electrons. The Morgan fingerprint density at radius 2 is 0.570 bits per heavy atom. The van der Waals surface area contributed by atoms with Crippen LogP contribution in [0.1, 0.15) is 451 Å². The van der Waals surface area contributed by atoms with E-state index in [2.05, 4.69) is 27.7 Å². The topological polar surface area (TPSA) is 380 Å². The number of ether oxygens (including phenoxy) is 8. The summed E-state index contributed by atoms with van der Waals surface area (Å²) in [5.41, 5.74) is 0. The Balaban J connectivity index is 1.89. The summed E-state index contributed by atoms with van der Waals surface area (Å²) in [6.45, 7) is 5.68. The van der Waals surface area contributed by atoms with Crippen molar-refractivity contribution in [3.05, 3.63) is 0 Å². The fourth-order valence-electron chi connectivity index (χ4n) is 16.7. The van der Waals surface area contributed by atoms with Gasteiger partial charge in [0, 0.05) is 25.7 Å². The maximum absolute atomic E-state index is 14.9. The summed E-state index contributed by atoms with van der Waals surface area (Å²) in [5, 5.41) is 103. The van der Waals surface area contributed by atoms with Crippen molar-refractivity contribution in [2.45, 2.75) is 556 Å². The molecule has 714 valence electrons. The summed E-state index contributed by atoms with van der Waals surface area (Å²) >= 11 is 0. The number of aliphatic hydroxyl groups is 9. The van der Waals surface area contributed by atoms with Crippen molar-refractivity contribution < 1.29 is 122 Å². The summed E-state index contributed by atoms with van der Waals surface area (Å²) < 4.78 is 73.6. The fraction of sp³-hybridized carbons (Fsp3) is 0.958. The van der Waals surface area contributed by atoms with Crippen LogP contribution in [0.5, 0.6) is 0 Å². The number of carbonyl (C=O) groups excluding carboxylic acids is 4. The first-order valence-electron chi connectivity index (χ1n) is 49.8. The van der Waals surface area contributed by atoms with Gasteiger partial charge in [0.15, 0.2) is 24.8 Å². The molecule has 0 aromatic heterocycles. The van der Waals surface area contributed by atoms with E-state index in [1.54, 1.807) is 0 Å². The van der Waals surface area contributed by atoms with Crippen molar-refractivity contribution in [2.24, 2.45) is 0 Å². The summed E-state index contributed by atoms with van der Waals surface area (Å²) in [4.78, 5) is 66.6. The molecule has 0 aromatic carbocycles. The fourth-order valence-corrected chi connectivity index (χ4v) is 17.7. The van der Waals surface area contributed by atoms with Crippen LogP contribution in [0.15, 0.2) is 0 Å². The molecule has 0 bridgehead atoms. The van der Waals surface area contributed by atoms with Crippen molar-refractivity contribution in [3.8, 4) is 0 Å². The number of phosphoric acid groups is 1. The third-order valence-electron chi connectivity index (χ3n) is 24.6. The highest BCUT2D eigenvalue weighted by Gasteiger charge is 2.60. The zero-order valence-corrected chi connectivity index (χ0v) is 77.2. The molecule has 3 rings (SSSR count). The second-order valence-electron chi connectivity index (χ2n) is 35.7. The third kappa shape index (κ3) is 53.9. The average Bonchev–Trinajstić information content (AvgIpc) is 0.756. The van der Waals surface area contributed by atoms with Gasteiger partial charge in [-0.25, -0.2) is 4.57 Å². The molecule has 0 amide bonds. The molecule has 0 spiro atoms. The monoisotopic (exact) mass is 1750 g/mol. The standard InChI is InChI=1S/C95H179O25P/c1-5-9-13-17-21-25-29-33-37-41-44-48-52-56-60-64-68-79(98)112-74-77-83(102)85(104)89(108)95(116-77)119-92-90(117-81(100)70-66-62-58-54-50-46-42-38-34-30-26-22-18-14-10-6-2)86(105)87(106)91(118-94-88(107)84(103)82(101)76(71-96)115-94)93(92)120-121(109,110)113-73-75(114-80(99)69-65-61-57-53-49-45-40-36-32-28-24-20-16-12-8-4)72-111-78(97)67-63-59-55-51-47-43-39-35-31-27-23-19-15-11-7-3/h75-77,82-96,101-108H,5-74H2,1-4H3,(H,109,110). The summed E-state index contributed by atoms with van der Waals surface area (Å²) in [6, 6.07) is 0. The first-order valence-corrected chi connectivity index (χ1v) is 51.3. The largest absolute Gasteiger partial charge is 0.472 e. The van der Waals surface area contributed by atoms with Crippen LogP contribution in [0, 0.1) is 0 Å². The molecule has 0 aromatic rings. The first kappa shape index (κ1) is 113. The van der Waals surface area contributed by atoms with Crippen LogP contribution in [0.4, 0.5) is 0 Å². The molecule has 18 unspecified atom stereocenters. The zero-order valence-electron chi connectivity index (χ0n) is 76.4. The molecule has 2 aliphatic heterocycles. The van der Waals surface area contributed by atoms with E-state index < -0.39 is 162 Å². The Morgan fingerprint density at radius 3 is 0.901 bits per heavy atom. The SMILES string of the molecule is CCCCCCCCCCCCCCCCCCC(=O)OCC1OC(OC2C(OC(=O)CCCCCCCCCCCCCCCCCC)C(O)C(O)C(OC3OC(CO)C(O)C(O)C3O)C2OP(=O)(O)OCC(COC(=O)CCCCCCCCCCCCCCCCC)OC(=O)CCCCCCCCCCCCCCCCC)C(O)C(O)C1O. The number of unbranched alkanes of at least 4 members (excludes halogenated alkanes) is 58. The molecule has 26 heteroatoms. The molecular weight excluding hydrogens is 1570 g/mol. The van der Waals surface area contributed by atoms with Crippen LogP contribution in [0.3, 0.4) is 0 Å². The Labute approximate surface area is 731 Å². The quantitative estimate of drug-likeness (QED) is 0.0117. The van der Waals surface area contributed by atoms with Crippen LogP contribution in [0.2, 0.25) is 0 Å². The van der Waals surface area contributed by atoms with Gasteiger partial charge in [-0.1, -0.05) is 400 Å². The smallest absolute Gasteiger partial charge is 0.463 e. The van der Waals surface area contributed by atoms with Crippen LogP contribution < -0.4 is 0 Å². The van der Waals surface area contributed by atoms with E-state index in [4.69, 9.17) is 46.9 Å². The molecule has 3 fully saturated rings. The predicted molar refractivity (Wildman–Crippen MR) is 472 cm³/mol. The molecule has 25 nitrogen and oxygen atoms in total. The lowest BCUT2D eigenvalue weighted by Gasteiger charge is -2.50. The molecule has 1 saturated carbocycles. The van der Waals surface area contributed by atoms with Crippen molar-refractivity contribution in [3.63, 3.8) is 0 Å². The highest BCUT2D eigenvalue weighted by Crippen LogP contribution is 2.49. The van der Waals surface area contributed by atoms with Crippen LogP contribution in [-0.2, 0) is 70.7 Å². The first-order chi connectivity index (χ1) is 58.7. The van der Waals surface area contributed by atoms with Gasteiger partial charge in [0.25, 0.3) is 0 Å². The summed E-state index contributed by atoms with van der Waals surface area (Å²) in [6.07, 6.45) is 33.4. The lowest BCUT2D eigenvalue weighted by Crippen LogP contribution is -2.70. The van der Waals surface area contributed by atoms with E-state index in [1.165, 1.54) is 238 Å². The highest BCUT2D eigenvalue weighted by molar-refractivity contribution is 7.47. The van der Waals surface area contributed by atoms with Crippen LogP contribution in [-0.4, -0.2) is 205 Å². The van der Waals surface area contributed by atoms with Gasteiger partial charge in [-0.2, -0.15) is 0 Å². The van der Waals surface area contributed by atoms with Crippen molar-refractivity contribution >= 4 is 31.7 Å².